The van der Waals surface area contributed by atoms with Crippen LogP contribution < -0.4 is 10.6 Å². The van der Waals surface area contributed by atoms with Gasteiger partial charge in [-0.2, -0.15) is 0 Å². The molecule has 0 heterocycles. The van der Waals surface area contributed by atoms with E-state index < -0.39 is 12.1 Å². The predicted octanol–water partition coefficient (Wildman–Crippen LogP) is 7.59. The minimum atomic E-state index is -0.577. The lowest BCUT2D eigenvalue weighted by molar-refractivity contribution is -0.121. The highest BCUT2D eigenvalue weighted by Crippen LogP contribution is 2.28. The van der Waals surface area contributed by atoms with E-state index in [9.17, 15) is 50.8 Å². The molecule has 376 valence electrons. The molecule has 0 aromatic heterocycles. The van der Waals surface area contributed by atoms with Gasteiger partial charge in [-0.25, -0.2) is 4.79 Å². The molecule has 2 amide bonds. The number of carbonyl (C=O) groups excluding carboxylic acids is 2. The highest BCUT2D eigenvalue weighted by atomic mass is 16.5. The smallest absolute Gasteiger partial charge is 0.407 e. The number of hydrogen-bond donors (Lipinski definition) is 10. The third-order valence-electron chi connectivity index (χ3n) is 11.8. The quantitative estimate of drug-likeness (QED) is 0.0124. The zero-order valence-corrected chi connectivity index (χ0v) is 40.2. The molecule has 19 nitrogen and oxygen atoms in total. The van der Waals surface area contributed by atoms with Crippen LogP contribution in [0, 0.1) is 0 Å². The second-order valence-corrected chi connectivity index (χ2v) is 17.1. The number of nitrogens with one attached hydrogen (secondary N) is 2. The molecule has 1 atom stereocenters. The van der Waals surface area contributed by atoms with Crippen LogP contribution in [0.4, 0.5) is 4.79 Å². The Balaban J connectivity index is 1.51. The Labute approximate surface area is 411 Å². The molecule has 0 aliphatic heterocycles. The van der Waals surface area contributed by atoms with Crippen molar-refractivity contribution in [2.45, 2.75) is 85.8 Å². The van der Waals surface area contributed by atoms with Crippen molar-refractivity contribution in [1.29, 1.82) is 0 Å². The van der Waals surface area contributed by atoms with E-state index in [-0.39, 0.29) is 117 Å². The standard InChI is InChI=1S/C52H62N8O11/c1-33(55-67)43-16-11-41(26-50(43)64)28-59(27-38-12-17-47(61)44(23-38)34(2)56-68)31-42(15-20-51(65)53-21-8-22-54-52(66)71-32-37-9-6-5-7-10-37)60(29-39-13-18-48(62)45(24-39)35(3)57-69)30-40-14-19-49(63)46(25-40)36(4)58-70/h5-7,9-14,16-19,23-26,42,61-64,67-70H,8,15,20-22,27-32H2,1-4H3,(H,53,65)(H,54,66)/b55-33+,56-34+,57-35-,58-36+. The van der Waals surface area contributed by atoms with Crippen LogP contribution >= 0.6 is 0 Å². The summed E-state index contributed by atoms with van der Waals surface area (Å²) in [5.74, 6) is -0.639. The number of nitrogens with zero attached hydrogens (tertiary/aromatic N) is 6. The second-order valence-electron chi connectivity index (χ2n) is 17.1. The SMILES string of the molecule is C/C(=N/O)c1cc(CN(Cc2ccc(O)c(/C(C)=N/O)c2)C(CCC(=O)NCCCNC(=O)OCc2ccccc2)CN(Cc2ccc(/C(C)=N/O)c(O)c2)Cc2ccc(O)c(/C(C)=N/O)c2)ccc1O. The zero-order chi connectivity index (χ0) is 51.5. The molecule has 0 saturated heterocycles. The Morgan fingerprint density at radius 3 is 1.48 bits per heavy atom. The minimum Gasteiger partial charge on any atom is -0.507 e. The molecule has 10 N–H and O–H groups in total. The molecular formula is C52H62N8O11. The van der Waals surface area contributed by atoms with Gasteiger partial charge in [-0.15, -0.1) is 0 Å². The highest BCUT2D eigenvalue weighted by molar-refractivity contribution is 6.02. The van der Waals surface area contributed by atoms with Crippen LogP contribution in [0.15, 0.2) is 124 Å². The van der Waals surface area contributed by atoms with Gasteiger partial charge in [-0.1, -0.05) is 75.2 Å². The van der Waals surface area contributed by atoms with Crippen molar-refractivity contribution in [3.8, 4) is 23.0 Å². The third-order valence-corrected chi connectivity index (χ3v) is 11.8. The molecular weight excluding hydrogens is 913 g/mol. The predicted molar refractivity (Wildman–Crippen MR) is 267 cm³/mol. The fourth-order valence-electron chi connectivity index (χ4n) is 7.95. The van der Waals surface area contributed by atoms with Gasteiger partial charge in [0.25, 0.3) is 0 Å². The monoisotopic (exact) mass is 974 g/mol. The maximum absolute atomic E-state index is 13.7. The van der Waals surface area contributed by atoms with Gasteiger partial charge in [0.15, 0.2) is 0 Å². The molecule has 1 unspecified atom stereocenters. The van der Waals surface area contributed by atoms with Crippen LogP contribution in [-0.2, 0) is 42.3 Å². The lowest BCUT2D eigenvalue weighted by atomic mass is 10.0. The van der Waals surface area contributed by atoms with Gasteiger partial charge in [-0.05, 0) is 117 Å². The first-order valence-electron chi connectivity index (χ1n) is 22.8. The number of benzene rings is 5. The Morgan fingerprint density at radius 2 is 0.986 bits per heavy atom. The topological polar surface area (TPSA) is 285 Å². The molecule has 5 aromatic carbocycles. The van der Waals surface area contributed by atoms with Crippen LogP contribution in [0.25, 0.3) is 0 Å². The first-order valence-corrected chi connectivity index (χ1v) is 22.8. The number of phenols is 4. The van der Waals surface area contributed by atoms with Gasteiger partial charge in [-0.3, -0.25) is 14.6 Å². The average Bonchev–Trinajstić information content (AvgIpc) is 3.37. The molecule has 19 heteroatoms. The third kappa shape index (κ3) is 15.9. The summed E-state index contributed by atoms with van der Waals surface area (Å²) in [7, 11) is 0. The number of aromatic hydroxyl groups is 4. The molecule has 5 aromatic rings. The van der Waals surface area contributed by atoms with E-state index >= 15 is 0 Å². The molecule has 0 spiro atoms. The molecule has 71 heavy (non-hydrogen) atoms. The summed E-state index contributed by atoms with van der Waals surface area (Å²) in [6.07, 6.45) is 0.191. The van der Waals surface area contributed by atoms with Crippen molar-refractivity contribution in [1.82, 2.24) is 20.4 Å². The van der Waals surface area contributed by atoms with E-state index in [4.69, 9.17) is 4.74 Å². The van der Waals surface area contributed by atoms with Crippen LogP contribution in [0.2, 0.25) is 0 Å². The fraction of sp³-hybridized carbons (Fsp3) is 0.308. The van der Waals surface area contributed by atoms with Gasteiger partial charge < -0.3 is 56.6 Å². The maximum Gasteiger partial charge on any atom is 0.407 e. The Hall–Kier alpha value is -8.16. The summed E-state index contributed by atoms with van der Waals surface area (Å²) in [4.78, 5) is 30.2. The number of hydrogen-bond acceptors (Lipinski definition) is 17. The second kappa shape index (κ2) is 26.6. The number of ether oxygens (including phenoxy) is 1. The summed E-state index contributed by atoms with van der Waals surface area (Å²) in [5, 5.41) is 100. The molecule has 5 rings (SSSR count). The molecule has 0 bridgehead atoms. The van der Waals surface area contributed by atoms with E-state index in [0.29, 0.717) is 45.4 Å². The largest absolute Gasteiger partial charge is 0.507 e. The summed E-state index contributed by atoms with van der Waals surface area (Å²) in [5.41, 5.74) is 5.72. The number of carbonyl (C=O) groups is 2. The molecule has 0 aliphatic carbocycles. The van der Waals surface area contributed by atoms with Crippen LogP contribution in [0.3, 0.4) is 0 Å². The summed E-state index contributed by atoms with van der Waals surface area (Å²) in [6, 6.07) is 28.7. The number of oxime groups is 4. The normalized spacial score (nSPS) is 12.8. The highest BCUT2D eigenvalue weighted by Gasteiger charge is 2.26. The summed E-state index contributed by atoms with van der Waals surface area (Å²) < 4.78 is 5.29. The lowest BCUT2D eigenvalue weighted by Gasteiger charge is -2.36. The molecule has 0 radical (unpaired) electrons. The van der Waals surface area contributed by atoms with Crippen molar-refractivity contribution in [2.75, 3.05) is 19.6 Å². The van der Waals surface area contributed by atoms with Gasteiger partial charge in [0.2, 0.25) is 5.91 Å². The van der Waals surface area contributed by atoms with Crippen LogP contribution in [0.5, 0.6) is 23.0 Å². The first kappa shape index (κ1) is 53.8. The average molecular weight is 975 g/mol. The van der Waals surface area contributed by atoms with Gasteiger partial charge in [0.1, 0.15) is 29.6 Å². The molecule has 0 aliphatic rings. The maximum atomic E-state index is 13.7. The van der Waals surface area contributed by atoms with E-state index in [2.05, 4.69) is 41.1 Å². The van der Waals surface area contributed by atoms with Crippen molar-refractivity contribution in [3.63, 3.8) is 0 Å². The van der Waals surface area contributed by atoms with Crippen LogP contribution in [0.1, 0.15) is 97.0 Å². The van der Waals surface area contributed by atoms with Crippen molar-refractivity contribution < 1.29 is 55.6 Å². The van der Waals surface area contributed by atoms with Gasteiger partial charge in [0, 0.05) is 80.5 Å². The van der Waals surface area contributed by atoms with Crippen molar-refractivity contribution in [3.05, 3.63) is 153 Å². The number of rotatable bonds is 24. The van der Waals surface area contributed by atoms with Crippen molar-refractivity contribution in [2.24, 2.45) is 20.6 Å². The lowest BCUT2D eigenvalue weighted by Crippen LogP contribution is -2.44. The molecule has 0 fully saturated rings. The fourth-order valence-corrected chi connectivity index (χ4v) is 7.95. The van der Waals surface area contributed by atoms with Gasteiger partial charge in [0.05, 0.1) is 22.8 Å². The number of alkyl carbamates (subject to hydrolysis) is 1. The van der Waals surface area contributed by atoms with E-state index in [0.717, 1.165) is 11.1 Å². The first-order chi connectivity index (χ1) is 34.1. The summed E-state index contributed by atoms with van der Waals surface area (Å²) in [6.45, 7) is 8.10. The Bertz CT molecular complexity index is 2660. The van der Waals surface area contributed by atoms with E-state index in [1.807, 2.05) is 30.3 Å². The van der Waals surface area contributed by atoms with E-state index in [1.165, 1.54) is 18.2 Å². The molecule has 0 saturated carbocycles. The van der Waals surface area contributed by atoms with Gasteiger partial charge >= 0.3 is 6.09 Å². The summed E-state index contributed by atoms with van der Waals surface area (Å²) >= 11 is 0. The Morgan fingerprint density at radius 1 is 0.535 bits per heavy atom. The van der Waals surface area contributed by atoms with E-state index in [1.54, 1.807) is 82.3 Å². The number of amides is 2. The minimum absolute atomic E-state index is 0.0561. The zero-order valence-electron chi connectivity index (χ0n) is 40.2. The van der Waals surface area contributed by atoms with Crippen molar-refractivity contribution >= 4 is 34.8 Å². The number of phenolic OH excluding ortho intramolecular Hbond substituents is 4. The Kier molecular flexibility index (Phi) is 20.1. The van der Waals surface area contributed by atoms with Crippen LogP contribution in [-0.4, -0.2) is 112 Å².